The second-order valence-corrected chi connectivity index (χ2v) is 3.79. The molecule has 68 valence electrons. The highest BCUT2D eigenvalue weighted by Crippen LogP contribution is 2.20. The summed E-state index contributed by atoms with van der Waals surface area (Å²) in [6.45, 7) is 3.87. The Morgan fingerprint density at radius 3 is 2.54 bits per heavy atom. The first-order valence-corrected chi connectivity index (χ1v) is 4.85. The monoisotopic (exact) mass is 238 g/mol. The summed E-state index contributed by atoms with van der Waals surface area (Å²) in [5, 5.41) is 0. The zero-order chi connectivity index (χ0) is 9.84. The van der Waals surface area contributed by atoms with Crippen molar-refractivity contribution in [2.45, 2.75) is 13.8 Å². The molecular weight excluding hydrogens is 228 g/mol. The molecule has 0 saturated heterocycles. The Balaban J connectivity index is 3.21. The lowest BCUT2D eigenvalue weighted by atomic mass is 10.0. The fourth-order valence-electron chi connectivity index (χ4n) is 1.21. The topological polar surface area (TPSA) is 17.1 Å². The SMILES string of the molecule is C/C=C(\C=O)c1cc(C)cc(Br)c1. The molecule has 0 aliphatic carbocycles. The van der Waals surface area contributed by atoms with Gasteiger partial charge in [-0.25, -0.2) is 0 Å². The molecule has 1 rings (SSSR count). The summed E-state index contributed by atoms with van der Waals surface area (Å²) >= 11 is 3.40. The Bertz CT molecular complexity index is 333. The molecule has 0 N–H and O–H groups in total. The highest BCUT2D eigenvalue weighted by Gasteiger charge is 2.00. The highest BCUT2D eigenvalue weighted by atomic mass is 79.9. The van der Waals surface area contributed by atoms with Crippen LogP contribution < -0.4 is 0 Å². The Kier molecular flexibility index (Phi) is 3.43. The minimum atomic E-state index is 0.726. The van der Waals surface area contributed by atoms with Gasteiger partial charge < -0.3 is 0 Å². The number of halogens is 1. The number of allylic oxidation sites excluding steroid dienone is 2. The number of rotatable bonds is 2. The number of aryl methyl sites for hydroxylation is 1. The van der Waals surface area contributed by atoms with Crippen LogP contribution in [0.1, 0.15) is 18.1 Å². The third-order valence-electron chi connectivity index (χ3n) is 1.81. The molecule has 1 aromatic rings. The summed E-state index contributed by atoms with van der Waals surface area (Å²) in [7, 11) is 0. The van der Waals surface area contributed by atoms with Crippen LogP contribution in [0.4, 0.5) is 0 Å². The number of hydrogen-bond acceptors (Lipinski definition) is 1. The van der Waals surface area contributed by atoms with Crippen molar-refractivity contribution in [1.29, 1.82) is 0 Å². The summed E-state index contributed by atoms with van der Waals surface area (Å²) in [5.41, 5.74) is 2.83. The minimum Gasteiger partial charge on any atom is -0.298 e. The van der Waals surface area contributed by atoms with Crippen LogP contribution in [0.2, 0.25) is 0 Å². The van der Waals surface area contributed by atoms with E-state index in [9.17, 15) is 4.79 Å². The molecule has 0 atom stereocenters. The number of hydrogen-bond donors (Lipinski definition) is 0. The maximum Gasteiger partial charge on any atom is 0.150 e. The Morgan fingerprint density at radius 2 is 2.08 bits per heavy atom. The van der Waals surface area contributed by atoms with E-state index < -0.39 is 0 Å². The largest absolute Gasteiger partial charge is 0.298 e. The van der Waals surface area contributed by atoms with E-state index in [1.165, 1.54) is 0 Å². The predicted octanol–water partition coefficient (Wildman–Crippen LogP) is 3.36. The zero-order valence-corrected chi connectivity index (χ0v) is 9.26. The molecule has 0 spiro atoms. The van der Waals surface area contributed by atoms with Gasteiger partial charge in [0.1, 0.15) is 6.29 Å². The van der Waals surface area contributed by atoms with Crippen LogP contribution in [0.25, 0.3) is 5.57 Å². The standard InChI is InChI=1S/C11H11BrO/c1-3-9(7-13)10-4-8(2)5-11(12)6-10/h3-7H,1-2H3/b9-3+. The molecule has 0 aliphatic heterocycles. The van der Waals surface area contributed by atoms with Crippen LogP contribution in [-0.4, -0.2) is 6.29 Å². The zero-order valence-electron chi connectivity index (χ0n) is 7.67. The molecule has 0 fully saturated rings. The summed E-state index contributed by atoms with van der Waals surface area (Å²) in [6, 6.07) is 5.95. The van der Waals surface area contributed by atoms with Crippen molar-refractivity contribution >= 4 is 27.8 Å². The van der Waals surface area contributed by atoms with Crippen LogP contribution >= 0.6 is 15.9 Å². The average Bonchev–Trinajstić information content (AvgIpc) is 2.04. The van der Waals surface area contributed by atoms with Crippen molar-refractivity contribution in [3.63, 3.8) is 0 Å². The van der Waals surface area contributed by atoms with E-state index in [1.54, 1.807) is 0 Å². The lowest BCUT2D eigenvalue weighted by Gasteiger charge is -2.02. The van der Waals surface area contributed by atoms with Gasteiger partial charge in [-0.3, -0.25) is 4.79 Å². The molecule has 0 aliphatic rings. The normalized spacial score (nSPS) is 11.5. The van der Waals surface area contributed by atoms with E-state index >= 15 is 0 Å². The Morgan fingerprint density at radius 1 is 1.38 bits per heavy atom. The molecule has 1 nitrogen and oxygen atoms in total. The smallest absolute Gasteiger partial charge is 0.150 e. The highest BCUT2D eigenvalue weighted by molar-refractivity contribution is 9.10. The maximum atomic E-state index is 10.7. The van der Waals surface area contributed by atoms with Crippen LogP contribution in [0, 0.1) is 6.92 Å². The summed E-state index contributed by atoms with van der Waals surface area (Å²) < 4.78 is 1.00. The molecule has 0 bridgehead atoms. The van der Waals surface area contributed by atoms with E-state index in [0.29, 0.717) is 0 Å². The molecule has 0 radical (unpaired) electrons. The van der Waals surface area contributed by atoms with E-state index in [1.807, 2.05) is 38.1 Å². The van der Waals surface area contributed by atoms with Crippen molar-refractivity contribution in [2.24, 2.45) is 0 Å². The van der Waals surface area contributed by atoms with Gasteiger partial charge in [0, 0.05) is 10.0 Å². The van der Waals surface area contributed by atoms with Gasteiger partial charge in [-0.15, -0.1) is 0 Å². The van der Waals surface area contributed by atoms with E-state index in [2.05, 4.69) is 15.9 Å². The van der Waals surface area contributed by atoms with Crippen molar-refractivity contribution in [3.05, 3.63) is 39.9 Å². The van der Waals surface area contributed by atoms with Crippen LogP contribution in [-0.2, 0) is 4.79 Å². The van der Waals surface area contributed by atoms with Crippen molar-refractivity contribution < 1.29 is 4.79 Å². The summed E-state index contributed by atoms with van der Waals surface area (Å²) in [6.07, 6.45) is 2.69. The summed E-state index contributed by atoms with van der Waals surface area (Å²) in [5.74, 6) is 0. The Labute approximate surface area is 86.6 Å². The molecule has 2 heteroatoms. The molecule has 0 amide bonds. The molecule has 0 heterocycles. The molecular formula is C11H11BrO. The lowest BCUT2D eigenvalue weighted by molar-refractivity contribution is -0.103. The minimum absolute atomic E-state index is 0.726. The fraction of sp³-hybridized carbons (Fsp3) is 0.182. The van der Waals surface area contributed by atoms with Crippen LogP contribution in [0.3, 0.4) is 0 Å². The van der Waals surface area contributed by atoms with Gasteiger partial charge >= 0.3 is 0 Å². The third-order valence-corrected chi connectivity index (χ3v) is 2.27. The Hall–Kier alpha value is -0.890. The third kappa shape index (κ3) is 2.52. The number of carbonyl (C=O) groups is 1. The summed E-state index contributed by atoms with van der Waals surface area (Å²) in [4.78, 5) is 10.7. The quantitative estimate of drug-likeness (QED) is 0.571. The molecule has 1 aromatic carbocycles. The predicted molar refractivity (Wildman–Crippen MR) is 58.6 cm³/mol. The molecule has 0 saturated carbocycles. The number of carbonyl (C=O) groups excluding carboxylic acids is 1. The molecule has 13 heavy (non-hydrogen) atoms. The van der Waals surface area contributed by atoms with Crippen LogP contribution in [0.5, 0.6) is 0 Å². The molecule has 0 aromatic heterocycles. The number of aldehydes is 1. The first-order valence-electron chi connectivity index (χ1n) is 4.06. The lowest BCUT2D eigenvalue weighted by Crippen LogP contribution is -1.86. The van der Waals surface area contributed by atoms with E-state index in [-0.39, 0.29) is 0 Å². The first-order chi connectivity index (χ1) is 6.17. The van der Waals surface area contributed by atoms with Crippen molar-refractivity contribution in [2.75, 3.05) is 0 Å². The van der Waals surface area contributed by atoms with Crippen molar-refractivity contribution in [1.82, 2.24) is 0 Å². The van der Waals surface area contributed by atoms with E-state index in [4.69, 9.17) is 0 Å². The second kappa shape index (κ2) is 4.38. The number of benzene rings is 1. The van der Waals surface area contributed by atoms with Crippen LogP contribution in [0.15, 0.2) is 28.7 Å². The van der Waals surface area contributed by atoms with Gasteiger partial charge in [0.15, 0.2) is 0 Å². The second-order valence-electron chi connectivity index (χ2n) is 2.88. The van der Waals surface area contributed by atoms with Gasteiger partial charge in [0.25, 0.3) is 0 Å². The first kappa shape index (κ1) is 10.2. The van der Waals surface area contributed by atoms with E-state index in [0.717, 1.165) is 27.5 Å². The van der Waals surface area contributed by atoms with Crippen molar-refractivity contribution in [3.8, 4) is 0 Å². The van der Waals surface area contributed by atoms with Gasteiger partial charge in [-0.1, -0.05) is 28.1 Å². The van der Waals surface area contributed by atoms with Gasteiger partial charge in [-0.2, -0.15) is 0 Å². The fourth-order valence-corrected chi connectivity index (χ4v) is 1.81. The van der Waals surface area contributed by atoms with Gasteiger partial charge in [0.05, 0.1) is 0 Å². The van der Waals surface area contributed by atoms with Gasteiger partial charge in [-0.05, 0) is 37.1 Å². The molecule has 0 unspecified atom stereocenters. The average molecular weight is 239 g/mol. The van der Waals surface area contributed by atoms with Gasteiger partial charge in [0.2, 0.25) is 0 Å². The maximum absolute atomic E-state index is 10.7.